The van der Waals surface area contributed by atoms with Crippen LogP contribution in [0.15, 0.2) is 0 Å². The maximum Gasteiger partial charge on any atom is 0.308 e. The summed E-state index contributed by atoms with van der Waals surface area (Å²) in [4.78, 5) is 11.4. The maximum absolute atomic E-state index is 12.2. The van der Waals surface area contributed by atoms with Gasteiger partial charge in [0, 0.05) is 13.1 Å². The minimum absolute atomic E-state index is 0.0113. The number of ether oxygens (including phenoxy) is 1. The van der Waals surface area contributed by atoms with Gasteiger partial charge in [-0.2, -0.15) is 0 Å². The summed E-state index contributed by atoms with van der Waals surface area (Å²) in [5, 5.41) is 0. The second-order valence-electron chi connectivity index (χ2n) is 6.32. The van der Waals surface area contributed by atoms with Crippen molar-refractivity contribution in [1.29, 1.82) is 0 Å². The summed E-state index contributed by atoms with van der Waals surface area (Å²) in [7, 11) is -1.82. The lowest BCUT2D eigenvalue weighted by Crippen LogP contribution is -2.41. The quantitative estimate of drug-likeness (QED) is 0.739. The Balaban J connectivity index is 2.52. The van der Waals surface area contributed by atoms with Crippen LogP contribution in [0, 0.1) is 11.3 Å². The van der Waals surface area contributed by atoms with Crippen molar-refractivity contribution >= 4 is 16.0 Å². The summed E-state index contributed by atoms with van der Waals surface area (Å²) in [6.07, 6.45) is 1.76. The Morgan fingerprint density at radius 3 is 2.21 bits per heavy atom. The molecule has 112 valence electrons. The first kappa shape index (κ1) is 16.4. The highest BCUT2D eigenvalue weighted by molar-refractivity contribution is 7.89. The fraction of sp³-hybridized carbons (Fsp3) is 0.923. The van der Waals surface area contributed by atoms with Crippen LogP contribution >= 0.6 is 0 Å². The van der Waals surface area contributed by atoms with Crippen molar-refractivity contribution in [1.82, 2.24) is 4.31 Å². The molecule has 6 heteroatoms. The topological polar surface area (TPSA) is 63.7 Å². The Morgan fingerprint density at radius 2 is 1.79 bits per heavy atom. The molecule has 1 fully saturated rings. The van der Waals surface area contributed by atoms with E-state index in [1.54, 1.807) is 0 Å². The van der Waals surface area contributed by atoms with Gasteiger partial charge in [0.25, 0.3) is 0 Å². The lowest BCUT2D eigenvalue weighted by molar-refractivity contribution is -0.146. The minimum Gasteiger partial charge on any atom is -0.469 e. The molecular weight excluding hydrogens is 266 g/mol. The first-order valence-electron chi connectivity index (χ1n) is 6.71. The molecule has 0 aliphatic carbocycles. The number of nitrogens with zero attached hydrogens (tertiary/aromatic N) is 1. The highest BCUT2D eigenvalue weighted by Gasteiger charge is 2.31. The molecule has 0 unspecified atom stereocenters. The summed E-state index contributed by atoms with van der Waals surface area (Å²) >= 11 is 0. The molecule has 0 aromatic heterocycles. The van der Waals surface area contributed by atoms with Crippen LogP contribution in [0.1, 0.15) is 40.0 Å². The van der Waals surface area contributed by atoms with Crippen LogP contribution in [0.25, 0.3) is 0 Å². The summed E-state index contributed by atoms with van der Waals surface area (Å²) in [6.45, 7) is 6.95. The van der Waals surface area contributed by atoms with Gasteiger partial charge in [0.1, 0.15) is 0 Å². The van der Waals surface area contributed by atoms with Crippen molar-refractivity contribution in [3.8, 4) is 0 Å². The molecule has 1 saturated heterocycles. The highest BCUT2D eigenvalue weighted by atomic mass is 32.2. The molecule has 0 bridgehead atoms. The molecule has 5 nitrogen and oxygen atoms in total. The Morgan fingerprint density at radius 1 is 1.26 bits per heavy atom. The van der Waals surface area contributed by atoms with Gasteiger partial charge in [-0.15, -0.1) is 0 Å². The smallest absolute Gasteiger partial charge is 0.308 e. The van der Waals surface area contributed by atoms with Crippen molar-refractivity contribution in [3.05, 3.63) is 0 Å². The van der Waals surface area contributed by atoms with Gasteiger partial charge in [-0.25, -0.2) is 12.7 Å². The van der Waals surface area contributed by atoms with Crippen molar-refractivity contribution in [2.45, 2.75) is 40.0 Å². The molecule has 0 radical (unpaired) electrons. The Kier molecular flexibility index (Phi) is 5.38. The Labute approximate surface area is 116 Å². The lowest BCUT2D eigenvalue weighted by atomic mass is 9.94. The number of carbonyl (C=O) groups is 1. The molecule has 0 aromatic carbocycles. The number of sulfonamides is 1. The second-order valence-corrected chi connectivity index (χ2v) is 8.41. The van der Waals surface area contributed by atoms with Crippen molar-refractivity contribution < 1.29 is 17.9 Å². The maximum atomic E-state index is 12.2. The molecule has 0 atom stereocenters. The van der Waals surface area contributed by atoms with Crippen molar-refractivity contribution in [3.63, 3.8) is 0 Å². The van der Waals surface area contributed by atoms with Gasteiger partial charge in [0.15, 0.2) is 0 Å². The molecule has 0 saturated carbocycles. The van der Waals surface area contributed by atoms with E-state index < -0.39 is 10.0 Å². The van der Waals surface area contributed by atoms with Crippen LogP contribution in [-0.4, -0.2) is 44.6 Å². The van der Waals surface area contributed by atoms with E-state index in [2.05, 4.69) is 0 Å². The average molecular weight is 291 g/mol. The van der Waals surface area contributed by atoms with Crippen molar-refractivity contribution in [2.75, 3.05) is 26.0 Å². The number of rotatable bonds is 4. The fourth-order valence-electron chi connectivity index (χ4n) is 2.10. The standard InChI is InChI=1S/C13H25NO4S/c1-13(2,3)7-10-19(16,17)14-8-5-11(6-9-14)12(15)18-4/h11H,5-10H2,1-4H3. The number of piperidine rings is 1. The predicted octanol–water partition coefficient (Wildman–Crippen LogP) is 1.64. The van der Waals surface area contributed by atoms with E-state index in [1.807, 2.05) is 20.8 Å². The normalized spacial score (nSPS) is 19.4. The molecule has 1 aliphatic heterocycles. The van der Waals surface area contributed by atoms with Crippen LogP contribution < -0.4 is 0 Å². The second kappa shape index (κ2) is 6.22. The van der Waals surface area contributed by atoms with E-state index in [9.17, 15) is 13.2 Å². The molecule has 1 heterocycles. The van der Waals surface area contributed by atoms with Crippen molar-refractivity contribution in [2.24, 2.45) is 11.3 Å². The number of methoxy groups -OCH3 is 1. The zero-order chi connectivity index (χ0) is 14.7. The van der Waals surface area contributed by atoms with Crippen LogP contribution in [0.5, 0.6) is 0 Å². The first-order valence-corrected chi connectivity index (χ1v) is 8.32. The predicted molar refractivity (Wildman–Crippen MR) is 74.2 cm³/mol. The molecular formula is C13H25NO4S. The van der Waals surface area contributed by atoms with Crippen LogP contribution in [-0.2, 0) is 19.6 Å². The minimum atomic E-state index is -3.19. The number of hydrogen-bond acceptors (Lipinski definition) is 4. The molecule has 0 spiro atoms. The Hall–Kier alpha value is -0.620. The van der Waals surface area contributed by atoms with E-state index in [1.165, 1.54) is 11.4 Å². The number of esters is 1. The van der Waals surface area contributed by atoms with Gasteiger partial charge < -0.3 is 4.74 Å². The van der Waals surface area contributed by atoms with Crippen LogP contribution in [0.4, 0.5) is 0 Å². The molecule has 0 amide bonds. The third-order valence-electron chi connectivity index (χ3n) is 3.49. The van der Waals surface area contributed by atoms with E-state index in [0.29, 0.717) is 32.4 Å². The van der Waals surface area contributed by atoms with Gasteiger partial charge in [-0.1, -0.05) is 20.8 Å². The zero-order valence-corrected chi connectivity index (χ0v) is 13.1. The van der Waals surface area contributed by atoms with E-state index in [-0.39, 0.29) is 23.1 Å². The highest BCUT2D eigenvalue weighted by Crippen LogP contribution is 2.24. The molecule has 19 heavy (non-hydrogen) atoms. The summed E-state index contributed by atoms with van der Waals surface area (Å²) in [5.74, 6) is -0.204. The van der Waals surface area contributed by atoms with E-state index in [0.717, 1.165) is 0 Å². The lowest BCUT2D eigenvalue weighted by Gasteiger charge is -2.30. The number of hydrogen-bond donors (Lipinski definition) is 0. The van der Waals surface area contributed by atoms with Gasteiger partial charge >= 0.3 is 5.97 Å². The summed E-state index contributed by atoms with van der Waals surface area (Å²) in [5.41, 5.74) is 0.0113. The van der Waals surface area contributed by atoms with E-state index in [4.69, 9.17) is 4.74 Å². The molecule has 0 N–H and O–H groups in total. The SMILES string of the molecule is COC(=O)C1CCN(S(=O)(=O)CCC(C)(C)C)CC1. The largest absolute Gasteiger partial charge is 0.469 e. The average Bonchev–Trinajstić information content (AvgIpc) is 2.35. The van der Waals surface area contributed by atoms with Gasteiger partial charge in [0.2, 0.25) is 10.0 Å². The fourth-order valence-corrected chi connectivity index (χ4v) is 4.00. The van der Waals surface area contributed by atoms with E-state index >= 15 is 0 Å². The van der Waals surface area contributed by atoms with Crippen LogP contribution in [0.3, 0.4) is 0 Å². The van der Waals surface area contributed by atoms with Gasteiger partial charge in [-0.05, 0) is 24.7 Å². The third-order valence-corrected chi connectivity index (χ3v) is 5.36. The molecule has 1 rings (SSSR count). The molecule has 0 aromatic rings. The number of carbonyl (C=O) groups excluding carboxylic acids is 1. The zero-order valence-electron chi connectivity index (χ0n) is 12.3. The van der Waals surface area contributed by atoms with Crippen LogP contribution in [0.2, 0.25) is 0 Å². The third kappa shape index (κ3) is 5.10. The molecule has 1 aliphatic rings. The van der Waals surface area contributed by atoms with Gasteiger partial charge in [0.05, 0.1) is 18.8 Å². The summed E-state index contributed by atoms with van der Waals surface area (Å²) in [6, 6.07) is 0. The monoisotopic (exact) mass is 291 g/mol. The van der Waals surface area contributed by atoms with Gasteiger partial charge in [-0.3, -0.25) is 4.79 Å². The first-order chi connectivity index (χ1) is 8.65. The summed E-state index contributed by atoms with van der Waals surface area (Å²) < 4.78 is 30.6. The Bertz CT molecular complexity index is 403.